The molecule has 1 aromatic rings. The molecule has 2 rings (SSSR count). The van der Waals surface area contributed by atoms with Crippen LogP contribution in [0.25, 0.3) is 0 Å². The predicted molar refractivity (Wildman–Crippen MR) is 91.9 cm³/mol. The topological polar surface area (TPSA) is 23.6 Å². The summed E-state index contributed by atoms with van der Waals surface area (Å²) in [6.45, 7) is 9.60. The second kappa shape index (κ2) is 8.94. The summed E-state index contributed by atoms with van der Waals surface area (Å²) >= 11 is 0. The number of benzene rings is 1. The minimum absolute atomic E-state index is 0.333. The summed E-state index contributed by atoms with van der Waals surface area (Å²) in [7, 11) is 0. The number of carbonyl (C=O) groups is 1. The molecular formula is C19H30N2O. The molecule has 1 aliphatic rings. The fraction of sp³-hybridized carbons (Fsp3) is 0.632. The zero-order valence-corrected chi connectivity index (χ0v) is 14.1. The summed E-state index contributed by atoms with van der Waals surface area (Å²) in [5, 5.41) is 0. The highest BCUT2D eigenvalue weighted by Gasteiger charge is 2.20. The molecule has 3 heteroatoms. The van der Waals surface area contributed by atoms with Crippen LogP contribution in [0.4, 0.5) is 0 Å². The van der Waals surface area contributed by atoms with Crippen molar-refractivity contribution < 1.29 is 4.79 Å². The summed E-state index contributed by atoms with van der Waals surface area (Å²) in [5.74, 6) is 1.09. The standard InChI is InChI=1S/C19H30N2O/c1-17(2)11-12-20-13-15-21(16-14-20)19(22)10-6-9-18-7-4-3-5-8-18/h3-5,7-8,17H,6,9-16H2,1-2H3. The third-order valence-electron chi connectivity index (χ3n) is 4.45. The summed E-state index contributed by atoms with van der Waals surface area (Å²) in [4.78, 5) is 16.8. The van der Waals surface area contributed by atoms with Crippen LogP contribution in [0.1, 0.15) is 38.7 Å². The quantitative estimate of drug-likeness (QED) is 0.772. The number of nitrogens with zero attached hydrogens (tertiary/aromatic N) is 2. The van der Waals surface area contributed by atoms with Crippen molar-refractivity contribution in [2.75, 3.05) is 32.7 Å². The molecule has 1 aliphatic heterocycles. The van der Waals surface area contributed by atoms with Crippen molar-refractivity contribution in [1.82, 2.24) is 9.80 Å². The Bertz CT molecular complexity index is 436. The normalized spacial score (nSPS) is 16.2. The van der Waals surface area contributed by atoms with E-state index < -0.39 is 0 Å². The molecule has 1 aromatic carbocycles. The Morgan fingerprint density at radius 2 is 1.77 bits per heavy atom. The second-order valence-electron chi connectivity index (χ2n) is 6.74. The first-order chi connectivity index (χ1) is 10.6. The van der Waals surface area contributed by atoms with E-state index in [0.29, 0.717) is 12.3 Å². The van der Waals surface area contributed by atoms with Crippen molar-refractivity contribution >= 4 is 5.91 Å². The summed E-state index contributed by atoms with van der Waals surface area (Å²) in [6, 6.07) is 10.4. The third kappa shape index (κ3) is 5.80. The smallest absolute Gasteiger partial charge is 0.222 e. The van der Waals surface area contributed by atoms with Crippen LogP contribution < -0.4 is 0 Å². The molecule has 1 heterocycles. The Labute approximate surface area is 135 Å². The Morgan fingerprint density at radius 3 is 2.41 bits per heavy atom. The zero-order chi connectivity index (χ0) is 15.8. The first kappa shape index (κ1) is 17.0. The van der Waals surface area contributed by atoms with Crippen LogP contribution in [0.15, 0.2) is 30.3 Å². The summed E-state index contributed by atoms with van der Waals surface area (Å²) < 4.78 is 0. The minimum atomic E-state index is 0.333. The van der Waals surface area contributed by atoms with Gasteiger partial charge in [0.1, 0.15) is 0 Å². The molecule has 122 valence electrons. The lowest BCUT2D eigenvalue weighted by Crippen LogP contribution is -2.48. The molecule has 1 fully saturated rings. The maximum Gasteiger partial charge on any atom is 0.222 e. The highest BCUT2D eigenvalue weighted by atomic mass is 16.2. The Balaban J connectivity index is 1.63. The third-order valence-corrected chi connectivity index (χ3v) is 4.45. The second-order valence-corrected chi connectivity index (χ2v) is 6.74. The number of hydrogen-bond donors (Lipinski definition) is 0. The Morgan fingerprint density at radius 1 is 1.09 bits per heavy atom. The van der Waals surface area contributed by atoms with E-state index in [1.807, 2.05) is 6.07 Å². The van der Waals surface area contributed by atoms with Gasteiger partial charge in [-0.1, -0.05) is 44.2 Å². The Kier molecular flexibility index (Phi) is 6.91. The van der Waals surface area contributed by atoms with Gasteiger partial charge >= 0.3 is 0 Å². The molecule has 0 unspecified atom stereocenters. The van der Waals surface area contributed by atoms with E-state index in [-0.39, 0.29) is 0 Å². The molecule has 0 spiro atoms. The van der Waals surface area contributed by atoms with E-state index in [1.165, 1.54) is 18.5 Å². The van der Waals surface area contributed by atoms with Crippen LogP contribution in [-0.4, -0.2) is 48.4 Å². The molecule has 0 bridgehead atoms. The Hall–Kier alpha value is -1.35. The van der Waals surface area contributed by atoms with Gasteiger partial charge in [-0.25, -0.2) is 0 Å². The fourth-order valence-electron chi connectivity index (χ4n) is 2.91. The van der Waals surface area contributed by atoms with Crippen molar-refractivity contribution in [2.24, 2.45) is 5.92 Å². The van der Waals surface area contributed by atoms with Gasteiger partial charge in [0.05, 0.1) is 0 Å². The van der Waals surface area contributed by atoms with Crippen LogP contribution in [0, 0.1) is 5.92 Å². The fourth-order valence-corrected chi connectivity index (χ4v) is 2.91. The van der Waals surface area contributed by atoms with Gasteiger partial charge in [-0.3, -0.25) is 9.69 Å². The lowest BCUT2D eigenvalue weighted by atomic mass is 10.1. The number of piperazine rings is 1. The molecule has 0 radical (unpaired) electrons. The average molecular weight is 302 g/mol. The highest BCUT2D eigenvalue weighted by molar-refractivity contribution is 5.76. The molecule has 1 saturated heterocycles. The summed E-state index contributed by atoms with van der Waals surface area (Å²) in [6.07, 6.45) is 3.89. The maximum atomic E-state index is 12.3. The largest absolute Gasteiger partial charge is 0.340 e. The van der Waals surface area contributed by atoms with Gasteiger partial charge in [0, 0.05) is 32.6 Å². The van der Waals surface area contributed by atoms with E-state index in [4.69, 9.17) is 0 Å². The van der Waals surface area contributed by atoms with Crippen LogP contribution >= 0.6 is 0 Å². The lowest BCUT2D eigenvalue weighted by molar-refractivity contribution is -0.133. The van der Waals surface area contributed by atoms with Gasteiger partial charge in [0.15, 0.2) is 0 Å². The number of carbonyl (C=O) groups excluding carboxylic acids is 1. The van der Waals surface area contributed by atoms with Crippen molar-refractivity contribution in [3.05, 3.63) is 35.9 Å². The molecular weight excluding hydrogens is 272 g/mol. The molecule has 0 aromatic heterocycles. The van der Waals surface area contributed by atoms with Gasteiger partial charge < -0.3 is 4.90 Å². The minimum Gasteiger partial charge on any atom is -0.340 e. The molecule has 0 saturated carbocycles. The molecule has 0 aliphatic carbocycles. The van der Waals surface area contributed by atoms with Crippen LogP contribution in [-0.2, 0) is 11.2 Å². The van der Waals surface area contributed by atoms with Crippen molar-refractivity contribution in [3.63, 3.8) is 0 Å². The van der Waals surface area contributed by atoms with Crippen LogP contribution in [0.5, 0.6) is 0 Å². The van der Waals surface area contributed by atoms with E-state index in [1.54, 1.807) is 0 Å². The van der Waals surface area contributed by atoms with E-state index in [2.05, 4.69) is 47.9 Å². The van der Waals surface area contributed by atoms with E-state index in [9.17, 15) is 4.79 Å². The predicted octanol–water partition coefficient (Wildman–Crippen LogP) is 3.20. The van der Waals surface area contributed by atoms with Crippen molar-refractivity contribution in [2.45, 2.75) is 39.5 Å². The van der Waals surface area contributed by atoms with Crippen LogP contribution in [0.3, 0.4) is 0 Å². The van der Waals surface area contributed by atoms with E-state index in [0.717, 1.165) is 44.9 Å². The van der Waals surface area contributed by atoms with Gasteiger partial charge in [-0.05, 0) is 37.3 Å². The maximum absolute atomic E-state index is 12.3. The molecule has 22 heavy (non-hydrogen) atoms. The van der Waals surface area contributed by atoms with Gasteiger partial charge in [-0.15, -0.1) is 0 Å². The average Bonchev–Trinajstić information content (AvgIpc) is 2.54. The van der Waals surface area contributed by atoms with Crippen molar-refractivity contribution in [3.8, 4) is 0 Å². The summed E-state index contributed by atoms with van der Waals surface area (Å²) in [5.41, 5.74) is 1.33. The van der Waals surface area contributed by atoms with Gasteiger partial charge in [0.2, 0.25) is 5.91 Å². The first-order valence-electron chi connectivity index (χ1n) is 8.69. The van der Waals surface area contributed by atoms with Crippen molar-refractivity contribution in [1.29, 1.82) is 0 Å². The van der Waals surface area contributed by atoms with Crippen LogP contribution in [0.2, 0.25) is 0 Å². The number of aryl methyl sites for hydroxylation is 1. The van der Waals surface area contributed by atoms with Gasteiger partial charge in [0.25, 0.3) is 0 Å². The SMILES string of the molecule is CC(C)CCN1CCN(C(=O)CCCc2ccccc2)CC1. The monoisotopic (exact) mass is 302 g/mol. The zero-order valence-electron chi connectivity index (χ0n) is 14.1. The molecule has 0 atom stereocenters. The first-order valence-corrected chi connectivity index (χ1v) is 8.69. The highest BCUT2D eigenvalue weighted by Crippen LogP contribution is 2.10. The van der Waals surface area contributed by atoms with E-state index >= 15 is 0 Å². The lowest BCUT2D eigenvalue weighted by Gasteiger charge is -2.35. The number of amides is 1. The molecule has 1 amide bonds. The molecule has 0 N–H and O–H groups in total. The molecule has 3 nitrogen and oxygen atoms in total. The number of hydrogen-bond acceptors (Lipinski definition) is 2. The number of rotatable bonds is 7. The van der Waals surface area contributed by atoms with Gasteiger partial charge in [-0.2, -0.15) is 0 Å².